The number of carbonyl (C=O) groups is 1. The first-order valence-corrected chi connectivity index (χ1v) is 7.25. The fourth-order valence-electron chi connectivity index (χ4n) is 2.49. The Balaban J connectivity index is 2.06. The van der Waals surface area contributed by atoms with Crippen LogP contribution in [0.1, 0.15) is 6.42 Å². The normalized spacial score (nSPS) is 18.8. The van der Waals surface area contributed by atoms with Crippen LogP contribution in [0.4, 0.5) is 5.69 Å². The molecule has 2 heterocycles. The molecule has 2 aromatic rings. The van der Waals surface area contributed by atoms with Crippen LogP contribution < -0.4 is 4.90 Å². The van der Waals surface area contributed by atoms with Gasteiger partial charge in [0.2, 0.25) is 5.91 Å². The average Bonchev–Trinajstić information content (AvgIpc) is 3.07. The van der Waals surface area contributed by atoms with Crippen LogP contribution in [-0.4, -0.2) is 27.9 Å². The number of halogens is 2. The summed E-state index contributed by atoms with van der Waals surface area (Å²) in [5.41, 5.74) is 1.57. The van der Waals surface area contributed by atoms with Gasteiger partial charge < -0.3 is 9.47 Å². The molecular weight excluding hydrogens is 297 g/mol. The van der Waals surface area contributed by atoms with E-state index in [-0.39, 0.29) is 11.8 Å². The number of hydrogen-bond donors (Lipinski definition) is 0. The first-order chi connectivity index (χ1) is 9.70. The number of alkyl halides is 1. The van der Waals surface area contributed by atoms with Crippen LogP contribution in [0.5, 0.6) is 0 Å². The monoisotopic (exact) mass is 309 g/mol. The first kappa shape index (κ1) is 13.5. The van der Waals surface area contributed by atoms with Gasteiger partial charge in [-0.15, -0.1) is 11.6 Å². The van der Waals surface area contributed by atoms with E-state index in [1.807, 2.05) is 22.9 Å². The number of nitrogens with zero attached hydrogens (tertiary/aromatic N) is 3. The largest absolute Gasteiger partial charge is 0.310 e. The van der Waals surface area contributed by atoms with E-state index in [2.05, 4.69) is 4.98 Å². The number of carbonyl (C=O) groups excluding carboxylic acids is 1. The molecule has 1 amide bonds. The highest BCUT2D eigenvalue weighted by Crippen LogP contribution is 2.34. The predicted molar refractivity (Wildman–Crippen MR) is 79.8 cm³/mol. The van der Waals surface area contributed by atoms with Crippen LogP contribution in [0.2, 0.25) is 5.02 Å². The Morgan fingerprint density at radius 3 is 2.90 bits per heavy atom. The third-order valence-electron chi connectivity index (χ3n) is 3.44. The molecular formula is C14H13Cl2N3O. The van der Waals surface area contributed by atoms with Gasteiger partial charge in [-0.05, 0) is 18.1 Å². The molecule has 1 atom stereocenters. The molecule has 4 nitrogen and oxygen atoms in total. The Kier molecular flexibility index (Phi) is 3.68. The molecule has 0 radical (unpaired) electrons. The Morgan fingerprint density at radius 2 is 2.25 bits per heavy atom. The van der Waals surface area contributed by atoms with Crippen LogP contribution in [-0.2, 0) is 4.79 Å². The van der Waals surface area contributed by atoms with Gasteiger partial charge in [-0.1, -0.05) is 17.7 Å². The Bertz CT molecular complexity index is 627. The van der Waals surface area contributed by atoms with E-state index in [0.29, 0.717) is 23.9 Å². The number of imidazole rings is 1. The van der Waals surface area contributed by atoms with Crippen LogP contribution in [0.15, 0.2) is 36.9 Å². The Hall–Kier alpha value is -1.52. The Labute approximate surface area is 126 Å². The third kappa shape index (κ3) is 2.30. The molecule has 1 aromatic heterocycles. The van der Waals surface area contributed by atoms with Crippen molar-refractivity contribution in [3.05, 3.63) is 41.9 Å². The molecule has 104 valence electrons. The van der Waals surface area contributed by atoms with Crippen molar-refractivity contribution in [2.75, 3.05) is 17.3 Å². The summed E-state index contributed by atoms with van der Waals surface area (Å²) in [4.78, 5) is 18.0. The summed E-state index contributed by atoms with van der Waals surface area (Å²) >= 11 is 12.2. The second-order valence-corrected chi connectivity index (χ2v) is 5.52. The molecule has 0 N–H and O–H groups in total. The maximum absolute atomic E-state index is 12.2. The number of aromatic nitrogens is 2. The third-order valence-corrected chi connectivity index (χ3v) is 4.18. The van der Waals surface area contributed by atoms with E-state index in [1.165, 1.54) is 0 Å². The minimum absolute atomic E-state index is 0.0827. The summed E-state index contributed by atoms with van der Waals surface area (Å²) in [7, 11) is 0. The number of para-hydroxylation sites is 1. The maximum atomic E-state index is 12.2. The van der Waals surface area contributed by atoms with Gasteiger partial charge >= 0.3 is 0 Å². The van der Waals surface area contributed by atoms with Crippen molar-refractivity contribution in [2.45, 2.75) is 6.42 Å². The molecule has 0 saturated carbocycles. The fourth-order valence-corrected chi connectivity index (χ4v) is 2.96. The first-order valence-electron chi connectivity index (χ1n) is 6.34. The van der Waals surface area contributed by atoms with Crippen LogP contribution in [0, 0.1) is 5.92 Å². The zero-order chi connectivity index (χ0) is 14.1. The second kappa shape index (κ2) is 5.46. The van der Waals surface area contributed by atoms with E-state index in [1.54, 1.807) is 23.5 Å². The molecule has 1 unspecified atom stereocenters. The number of rotatable bonds is 3. The zero-order valence-corrected chi connectivity index (χ0v) is 12.2. The van der Waals surface area contributed by atoms with Crippen LogP contribution in [0.25, 0.3) is 5.69 Å². The lowest BCUT2D eigenvalue weighted by molar-refractivity contribution is -0.117. The molecule has 1 aliphatic heterocycles. The van der Waals surface area contributed by atoms with Crippen molar-refractivity contribution < 1.29 is 4.79 Å². The van der Waals surface area contributed by atoms with Gasteiger partial charge in [0.25, 0.3) is 0 Å². The highest BCUT2D eigenvalue weighted by atomic mass is 35.5. The van der Waals surface area contributed by atoms with Crippen molar-refractivity contribution in [1.29, 1.82) is 0 Å². The van der Waals surface area contributed by atoms with Crippen molar-refractivity contribution >= 4 is 34.8 Å². The minimum atomic E-state index is 0.0827. The average molecular weight is 310 g/mol. The van der Waals surface area contributed by atoms with Crippen LogP contribution in [0.3, 0.4) is 0 Å². The summed E-state index contributed by atoms with van der Waals surface area (Å²) in [6.45, 7) is 0.629. The quantitative estimate of drug-likeness (QED) is 0.817. The van der Waals surface area contributed by atoms with E-state index in [9.17, 15) is 4.79 Å². The number of benzene rings is 1. The molecule has 1 fully saturated rings. The van der Waals surface area contributed by atoms with Gasteiger partial charge in [-0.3, -0.25) is 4.79 Å². The second-order valence-electron chi connectivity index (χ2n) is 4.81. The van der Waals surface area contributed by atoms with Crippen molar-refractivity contribution in [1.82, 2.24) is 9.55 Å². The van der Waals surface area contributed by atoms with Gasteiger partial charge in [0.1, 0.15) is 0 Å². The van der Waals surface area contributed by atoms with Gasteiger partial charge in [-0.25, -0.2) is 4.98 Å². The lowest BCUT2D eigenvalue weighted by atomic mass is 10.1. The fraction of sp³-hybridized carbons (Fsp3) is 0.286. The van der Waals surface area contributed by atoms with Crippen molar-refractivity contribution in [2.24, 2.45) is 5.92 Å². The molecule has 1 aromatic carbocycles. The molecule has 0 aliphatic carbocycles. The molecule has 0 spiro atoms. The SMILES string of the molecule is O=C1CC(CCl)CN1c1cccc(Cl)c1-n1ccnc1. The lowest BCUT2D eigenvalue weighted by Gasteiger charge is -2.21. The van der Waals surface area contributed by atoms with Crippen LogP contribution >= 0.6 is 23.2 Å². The van der Waals surface area contributed by atoms with E-state index in [0.717, 1.165) is 11.4 Å². The van der Waals surface area contributed by atoms with Crippen molar-refractivity contribution in [3.8, 4) is 5.69 Å². The molecule has 6 heteroatoms. The Morgan fingerprint density at radius 1 is 1.40 bits per heavy atom. The van der Waals surface area contributed by atoms with Gasteiger partial charge in [0.15, 0.2) is 0 Å². The minimum Gasteiger partial charge on any atom is -0.310 e. The van der Waals surface area contributed by atoms with Gasteiger partial charge in [0, 0.05) is 31.2 Å². The van der Waals surface area contributed by atoms with Crippen molar-refractivity contribution in [3.63, 3.8) is 0 Å². The molecule has 20 heavy (non-hydrogen) atoms. The van der Waals surface area contributed by atoms with Gasteiger partial charge in [0.05, 0.1) is 22.7 Å². The summed E-state index contributed by atoms with van der Waals surface area (Å²) in [6.07, 6.45) is 5.65. The standard InChI is InChI=1S/C14H13Cl2N3O/c15-7-10-6-13(20)19(8-10)12-3-1-2-11(16)14(12)18-5-4-17-9-18/h1-5,9-10H,6-8H2. The number of amides is 1. The highest BCUT2D eigenvalue weighted by Gasteiger charge is 2.31. The molecule has 0 bridgehead atoms. The van der Waals surface area contributed by atoms with E-state index < -0.39 is 0 Å². The summed E-state index contributed by atoms with van der Waals surface area (Å²) in [6, 6.07) is 5.55. The number of anilines is 1. The van der Waals surface area contributed by atoms with Gasteiger partial charge in [-0.2, -0.15) is 0 Å². The smallest absolute Gasteiger partial charge is 0.227 e. The summed E-state index contributed by atoms with van der Waals surface area (Å²) in [5, 5.41) is 0.586. The zero-order valence-electron chi connectivity index (χ0n) is 10.7. The highest BCUT2D eigenvalue weighted by molar-refractivity contribution is 6.33. The topological polar surface area (TPSA) is 38.1 Å². The lowest BCUT2D eigenvalue weighted by Crippen LogP contribution is -2.26. The summed E-state index contributed by atoms with van der Waals surface area (Å²) < 4.78 is 1.82. The number of hydrogen-bond acceptors (Lipinski definition) is 2. The summed E-state index contributed by atoms with van der Waals surface area (Å²) in [5.74, 6) is 0.765. The molecule has 3 rings (SSSR count). The van der Waals surface area contributed by atoms with E-state index >= 15 is 0 Å². The predicted octanol–water partition coefficient (Wildman–Crippen LogP) is 3.12. The van der Waals surface area contributed by atoms with E-state index in [4.69, 9.17) is 23.2 Å². The molecule has 1 aliphatic rings. The maximum Gasteiger partial charge on any atom is 0.227 e. The molecule has 1 saturated heterocycles.